The van der Waals surface area contributed by atoms with Crippen molar-refractivity contribution >= 4 is 29.0 Å². The van der Waals surface area contributed by atoms with Crippen LogP contribution in [0.1, 0.15) is 35.3 Å². The number of rotatable bonds is 7. The van der Waals surface area contributed by atoms with E-state index in [9.17, 15) is 14.4 Å². The zero-order valence-electron chi connectivity index (χ0n) is 17.4. The zero-order chi connectivity index (χ0) is 22.2. The number of nitrogens with one attached hydrogen (secondary N) is 2. The molecule has 0 aliphatic rings. The number of nitrogens with zero attached hydrogens (tertiary/aromatic N) is 1. The molecule has 6 nitrogen and oxygen atoms in total. The molecular weight excluding hydrogens is 390 g/mol. The number of benzene rings is 2. The van der Waals surface area contributed by atoms with Gasteiger partial charge in [0.25, 0.3) is 5.91 Å². The van der Waals surface area contributed by atoms with Gasteiger partial charge in [-0.05, 0) is 79.9 Å². The summed E-state index contributed by atoms with van der Waals surface area (Å²) in [6, 6.07) is 18.1. The van der Waals surface area contributed by atoms with Gasteiger partial charge in [0.05, 0.1) is 0 Å². The lowest BCUT2D eigenvalue weighted by atomic mass is 10.1. The molecule has 2 aromatic carbocycles. The van der Waals surface area contributed by atoms with Gasteiger partial charge in [-0.1, -0.05) is 12.1 Å². The molecule has 0 bridgehead atoms. The monoisotopic (exact) mass is 413 g/mol. The highest BCUT2D eigenvalue weighted by atomic mass is 16.2. The summed E-state index contributed by atoms with van der Waals surface area (Å²) < 4.78 is 0. The SMILES string of the molecule is CC(=O)c1ccc(NC(=O)/C(C)=C\C(=O)Nc2ccc(Cc3ccncc3)cc2)cc1. The van der Waals surface area contributed by atoms with E-state index in [-0.39, 0.29) is 17.3 Å². The second-order valence-corrected chi connectivity index (χ2v) is 7.13. The van der Waals surface area contributed by atoms with Gasteiger partial charge in [-0.15, -0.1) is 0 Å². The Morgan fingerprint density at radius 2 is 1.32 bits per heavy atom. The Hall–Kier alpha value is -4.06. The lowest BCUT2D eigenvalue weighted by molar-refractivity contribution is -0.114. The van der Waals surface area contributed by atoms with E-state index in [4.69, 9.17) is 0 Å². The normalized spacial score (nSPS) is 11.0. The molecule has 0 fully saturated rings. The molecule has 0 radical (unpaired) electrons. The minimum Gasteiger partial charge on any atom is -0.323 e. The highest BCUT2D eigenvalue weighted by Crippen LogP contribution is 2.14. The van der Waals surface area contributed by atoms with Crippen LogP contribution in [-0.4, -0.2) is 22.6 Å². The fraction of sp³-hybridized carbons (Fsp3) is 0.120. The quantitative estimate of drug-likeness (QED) is 0.444. The number of carbonyl (C=O) groups excluding carboxylic acids is 3. The van der Waals surface area contributed by atoms with Gasteiger partial charge in [-0.25, -0.2) is 0 Å². The second-order valence-electron chi connectivity index (χ2n) is 7.13. The fourth-order valence-corrected chi connectivity index (χ4v) is 2.90. The average molecular weight is 413 g/mol. The highest BCUT2D eigenvalue weighted by molar-refractivity contribution is 6.10. The molecule has 2 N–H and O–H groups in total. The minimum absolute atomic E-state index is 0.0453. The predicted molar refractivity (Wildman–Crippen MR) is 121 cm³/mol. The summed E-state index contributed by atoms with van der Waals surface area (Å²) in [5, 5.41) is 5.46. The van der Waals surface area contributed by atoms with Crippen LogP contribution in [0.5, 0.6) is 0 Å². The lowest BCUT2D eigenvalue weighted by Gasteiger charge is -2.07. The summed E-state index contributed by atoms with van der Waals surface area (Å²) in [4.78, 5) is 39.9. The summed E-state index contributed by atoms with van der Waals surface area (Å²) in [5.74, 6) is -0.823. The average Bonchev–Trinajstić information content (AvgIpc) is 2.76. The van der Waals surface area contributed by atoms with E-state index < -0.39 is 5.91 Å². The topological polar surface area (TPSA) is 88.2 Å². The standard InChI is InChI=1S/C25H23N3O3/c1-17(25(31)28-23-9-5-21(6-10-23)18(2)29)15-24(30)27-22-7-3-19(4-8-22)16-20-11-13-26-14-12-20/h3-15H,16H2,1-2H3,(H,27,30)(H,28,31)/b17-15-. The third kappa shape index (κ3) is 6.47. The number of pyridine rings is 1. The number of hydrogen-bond acceptors (Lipinski definition) is 4. The van der Waals surface area contributed by atoms with Crippen LogP contribution < -0.4 is 10.6 Å². The number of ketones is 1. The smallest absolute Gasteiger partial charge is 0.251 e. The summed E-state index contributed by atoms with van der Waals surface area (Å²) in [6.45, 7) is 3.05. The number of aromatic nitrogens is 1. The largest absolute Gasteiger partial charge is 0.323 e. The molecule has 1 heterocycles. The van der Waals surface area contributed by atoms with Gasteiger partial charge < -0.3 is 10.6 Å². The van der Waals surface area contributed by atoms with Crippen LogP contribution in [0.15, 0.2) is 84.7 Å². The Morgan fingerprint density at radius 3 is 1.94 bits per heavy atom. The first kappa shape index (κ1) is 21.6. The number of anilines is 2. The molecule has 3 rings (SSSR count). The maximum Gasteiger partial charge on any atom is 0.251 e. The molecular formula is C25H23N3O3. The number of Topliss-reactive ketones (excluding diaryl/α,β-unsaturated/α-hetero) is 1. The molecule has 31 heavy (non-hydrogen) atoms. The van der Waals surface area contributed by atoms with E-state index in [0.717, 1.165) is 17.5 Å². The van der Waals surface area contributed by atoms with Gasteiger partial charge in [-0.3, -0.25) is 19.4 Å². The highest BCUT2D eigenvalue weighted by Gasteiger charge is 2.08. The fourth-order valence-electron chi connectivity index (χ4n) is 2.90. The molecule has 0 saturated carbocycles. The first-order chi connectivity index (χ1) is 14.9. The Labute approximate surface area is 181 Å². The van der Waals surface area contributed by atoms with Crippen LogP contribution in [0.2, 0.25) is 0 Å². The van der Waals surface area contributed by atoms with Crippen molar-refractivity contribution in [1.29, 1.82) is 0 Å². The number of hydrogen-bond donors (Lipinski definition) is 2. The maximum atomic E-state index is 12.3. The van der Waals surface area contributed by atoms with E-state index >= 15 is 0 Å². The molecule has 0 spiro atoms. The van der Waals surface area contributed by atoms with Crippen molar-refractivity contribution in [1.82, 2.24) is 4.98 Å². The van der Waals surface area contributed by atoms with Crippen molar-refractivity contribution in [3.63, 3.8) is 0 Å². The summed E-state index contributed by atoms with van der Waals surface area (Å²) in [5.41, 5.74) is 4.30. The second kappa shape index (κ2) is 10.1. The third-order valence-electron chi connectivity index (χ3n) is 4.63. The molecule has 3 aromatic rings. The Morgan fingerprint density at radius 1 is 0.774 bits per heavy atom. The van der Waals surface area contributed by atoms with Crippen molar-refractivity contribution in [2.75, 3.05) is 10.6 Å². The van der Waals surface area contributed by atoms with E-state index in [1.165, 1.54) is 13.0 Å². The Kier molecular flexibility index (Phi) is 7.06. The van der Waals surface area contributed by atoms with Gasteiger partial charge in [0, 0.05) is 41.0 Å². The minimum atomic E-state index is -0.390. The number of amides is 2. The predicted octanol–water partition coefficient (Wildman–Crippen LogP) is 4.40. The molecule has 156 valence electrons. The molecule has 1 aromatic heterocycles. The van der Waals surface area contributed by atoms with Crippen molar-refractivity contribution in [2.45, 2.75) is 20.3 Å². The van der Waals surface area contributed by atoms with Gasteiger partial charge >= 0.3 is 0 Å². The van der Waals surface area contributed by atoms with Gasteiger partial charge in [0.2, 0.25) is 5.91 Å². The van der Waals surface area contributed by atoms with Crippen LogP contribution in [0.4, 0.5) is 11.4 Å². The van der Waals surface area contributed by atoms with E-state index in [0.29, 0.717) is 16.9 Å². The Bertz CT molecular complexity index is 1100. The van der Waals surface area contributed by atoms with E-state index in [1.807, 2.05) is 36.4 Å². The molecule has 0 saturated heterocycles. The summed E-state index contributed by atoms with van der Waals surface area (Å²) in [6.07, 6.45) is 5.55. The van der Waals surface area contributed by atoms with Crippen molar-refractivity contribution in [3.8, 4) is 0 Å². The van der Waals surface area contributed by atoms with Gasteiger partial charge in [-0.2, -0.15) is 0 Å². The Balaban J connectivity index is 1.55. The van der Waals surface area contributed by atoms with Gasteiger partial charge in [0.1, 0.15) is 0 Å². The van der Waals surface area contributed by atoms with Crippen molar-refractivity contribution in [3.05, 3.63) is 101 Å². The van der Waals surface area contributed by atoms with Gasteiger partial charge in [0.15, 0.2) is 5.78 Å². The zero-order valence-corrected chi connectivity index (χ0v) is 17.4. The summed E-state index contributed by atoms with van der Waals surface area (Å²) >= 11 is 0. The molecule has 0 aliphatic heterocycles. The van der Waals surface area contributed by atoms with Crippen LogP contribution >= 0.6 is 0 Å². The third-order valence-corrected chi connectivity index (χ3v) is 4.63. The van der Waals surface area contributed by atoms with Crippen LogP contribution in [0.3, 0.4) is 0 Å². The molecule has 2 amide bonds. The molecule has 0 aliphatic carbocycles. The van der Waals surface area contributed by atoms with Crippen LogP contribution in [-0.2, 0) is 16.0 Å². The molecule has 6 heteroatoms. The van der Waals surface area contributed by atoms with Crippen LogP contribution in [0, 0.1) is 0 Å². The summed E-state index contributed by atoms with van der Waals surface area (Å²) in [7, 11) is 0. The van der Waals surface area contributed by atoms with Crippen molar-refractivity contribution in [2.24, 2.45) is 0 Å². The lowest BCUT2D eigenvalue weighted by Crippen LogP contribution is -2.16. The van der Waals surface area contributed by atoms with E-state index in [2.05, 4.69) is 15.6 Å². The van der Waals surface area contributed by atoms with Crippen LogP contribution in [0.25, 0.3) is 0 Å². The maximum absolute atomic E-state index is 12.3. The first-order valence-electron chi connectivity index (χ1n) is 9.80. The van der Waals surface area contributed by atoms with E-state index in [1.54, 1.807) is 43.6 Å². The first-order valence-corrected chi connectivity index (χ1v) is 9.80. The number of carbonyl (C=O) groups is 3. The molecule has 0 unspecified atom stereocenters. The van der Waals surface area contributed by atoms with Crippen molar-refractivity contribution < 1.29 is 14.4 Å². The molecule has 0 atom stereocenters.